The SMILES string of the molecule is O=C(CCCOc1ccccc1Cl)N1CCC(NCC2CC2)CC1. The van der Waals surface area contributed by atoms with Gasteiger partial charge in [-0.25, -0.2) is 0 Å². The zero-order chi connectivity index (χ0) is 16.8. The van der Waals surface area contributed by atoms with Crippen molar-refractivity contribution in [3.05, 3.63) is 29.3 Å². The summed E-state index contributed by atoms with van der Waals surface area (Å²) >= 11 is 6.04. The van der Waals surface area contributed by atoms with E-state index < -0.39 is 0 Å². The Morgan fingerprint density at radius 1 is 1.21 bits per heavy atom. The number of halogens is 1. The van der Waals surface area contributed by atoms with Crippen molar-refractivity contribution < 1.29 is 9.53 Å². The molecule has 2 aliphatic rings. The molecule has 1 N–H and O–H groups in total. The van der Waals surface area contributed by atoms with Crippen LogP contribution in [0.1, 0.15) is 38.5 Å². The number of ether oxygens (including phenoxy) is 1. The zero-order valence-electron chi connectivity index (χ0n) is 14.2. The van der Waals surface area contributed by atoms with Gasteiger partial charge in [-0.05, 0) is 56.7 Å². The van der Waals surface area contributed by atoms with Crippen molar-refractivity contribution in [2.75, 3.05) is 26.2 Å². The van der Waals surface area contributed by atoms with Crippen molar-refractivity contribution in [3.63, 3.8) is 0 Å². The average Bonchev–Trinajstić information content (AvgIpc) is 3.43. The predicted molar refractivity (Wildman–Crippen MR) is 96.5 cm³/mol. The van der Waals surface area contributed by atoms with Gasteiger partial charge in [0.15, 0.2) is 0 Å². The van der Waals surface area contributed by atoms with Gasteiger partial charge in [-0.15, -0.1) is 0 Å². The molecule has 1 saturated heterocycles. The Bertz CT molecular complexity index is 540. The van der Waals surface area contributed by atoms with Crippen molar-refractivity contribution in [3.8, 4) is 5.75 Å². The van der Waals surface area contributed by atoms with Crippen LogP contribution in [0.3, 0.4) is 0 Å². The van der Waals surface area contributed by atoms with Gasteiger partial charge >= 0.3 is 0 Å². The lowest BCUT2D eigenvalue weighted by atomic mass is 10.0. The van der Waals surface area contributed by atoms with Crippen LogP contribution in [-0.4, -0.2) is 43.1 Å². The van der Waals surface area contributed by atoms with Crippen molar-refractivity contribution in [2.24, 2.45) is 5.92 Å². The number of carbonyl (C=O) groups excluding carboxylic acids is 1. The zero-order valence-corrected chi connectivity index (χ0v) is 14.9. The molecule has 1 aliphatic heterocycles. The summed E-state index contributed by atoms with van der Waals surface area (Å²) in [4.78, 5) is 14.3. The predicted octanol–water partition coefficient (Wildman–Crippen LogP) is 3.49. The normalized spacial score (nSPS) is 18.6. The van der Waals surface area contributed by atoms with Crippen molar-refractivity contribution in [1.29, 1.82) is 0 Å². The summed E-state index contributed by atoms with van der Waals surface area (Å²) in [6.45, 7) is 3.45. The van der Waals surface area contributed by atoms with Crippen molar-refractivity contribution >= 4 is 17.5 Å². The highest BCUT2D eigenvalue weighted by Crippen LogP contribution is 2.28. The Kier molecular flexibility index (Phi) is 6.38. The van der Waals surface area contributed by atoms with Crippen LogP contribution in [0.25, 0.3) is 0 Å². The topological polar surface area (TPSA) is 41.6 Å². The third-order valence-corrected chi connectivity index (χ3v) is 5.18. The lowest BCUT2D eigenvalue weighted by Gasteiger charge is -2.32. The summed E-state index contributed by atoms with van der Waals surface area (Å²) < 4.78 is 5.64. The fourth-order valence-electron chi connectivity index (χ4n) is 3.11. The lowest BCUT2D eigenvalue weighted by molar-refractivity contribution is -0.132. The number of benzene rings is 1. The molecule has 24 heavy (non-hydrogen) atoms. The maximum Gasteiger partial charge on any atom is 0.222 e. The number of hydrogen-bond donors (Lipinski definition) is 1. The minimum absolute atomic E-state index is 0.249. The Balaban J connectivity index is 1.29. The second-order valence-electron chi connectivity index (χ2n) is 6.89. The van der Waals surface area contributed by atoms with E-state index in [1.54, 1.807) is 0 Å². The Hall–Kier alpha value is -1.26. The first-order chi connectivity index (χ1) is 11.7. The Morgan fingerprint density at radius 3 is 2.67 bits per heavy atom. The minimum atomic E-state index is 0.249. The van der Waals surface area contributed by atoms with Crippen LogP contribution in [0.2, 0.25) is 5.02 Å². The van der Waals surface area contributed by atoms with E-state index in [4.69, 9.17) is 16.3 Å². The third kappa shape index (κ3) is 5.38. The largest absolute Gasteiger partial charge is 0.492 e. The molecule has 0 radical (unpaired) electrons. The molecule has 3 rings (SSSR count). The number of piperidine rings is 1. The van der Waals surface area contributed by atoms with Crippen LogP contribution in [0.4, 0.5) is 0 Å². The van der Waals surface area contributed by atoms with E-state index in [-0.39, 0.29) is 5.91 Å². The lowest BCUT2D eigenvalue weighted by Crippen LogP contribution is -2.45. The quantitative estimate of drug-likeness (QED) is 0.730. The first-order valence-electron chi connectivity index (χ1n) is 9.11. The Morgan fingerprint density at radius 2 is 1.96 bits per heavy atom. The molecule has 1 aromatic rings. The number of nitrogens with zero attached hydrogens (tertiary/aromatic N) is 1. The highest BCUT2D eigenvalue weighted by Gasteiger charge is 2.25. The molecule has 0 unspecified atom stereocenters. The van der Waals surface area contributed by atoms with Gasteiger partial charge in [0, 0.05) is 25.6 Å². The van der Waals surface area contributed by atoms with Gasteiger partial charge in [-0.1, -0.05) is 23.7 Å². The number of hydrogen-bond acceptors (Lipinski definition) is 3. The number of para-hydroxylation sites is 1. The first kappa shape index (κ1) is 17.6. The first-order valence-corrected chi connectivity index (χ1v) is 9.48. The average molecular weight is 351 g/mol. The van der Waals surface area contributed by atoms with Gasteiger partial charge in [0.05, 0.1) is 11.6 Å². The summed E-state index contributed by atoms with van der Waals surface area (Å²) in [6.07, 6.45) is 6.21. The van der Waals surface area contributed by atoms with E-state index in [2.05, 4.69) is 5.32 Å². The van der Waals surface area contributed by atoms with Crippen molar-refractivity contribution in [1.82, 2.24) is 10.2 Å². The third-order valence-electron chi connectivity index (χ3n) is 4.87. The second-order valence-corrected chi connectivity index (χ2v) is 7.30. The van der Waals surface area contributed by atoms with E-state index >= 15 is 0 Å². The van der Waals surface area contributed by atoms with E-state index in [1.165, 1.54) is 12.8 Å². The van der Waals surface area contributed by atoms with Crippen LogP contribution in [-0.2, 0) is 4.79 Å². The number of nitrogens with one attached hydrogen (secondary N) is 1. The molecular formula is C19H27ClN2O2. The van der Waals surface area contributed by atoms with E-state index in [9.17, 15) is 4.79 Å². The highest BCUT2D eigenvalue weighted by molar-refractivity contribution is 6.32. The van der Waals surface area contributed by atoms with E-state index in [1.807, 2.05) is 29.2 Å². The summed E-state index contributed by atoms with van der Waals surface area (Å²) in [7, 11) is 0. The standard InChI is InChI=1S/C19H27ClN2O2/c20-17-4-1-2-5-18(17)24-13-3-6-19(23)22-11-9-16(10-12-22)21-14-15-7-8-15/h1-2,4-5,15-16,21H,3,6-14H2. The maximum atomic E-state index is 12.3. The number of amides is 1. The van der Waals surface area contributed by atoms with Crippen LogP contribution >= 0.6 is 11.6 Å². The summed E-state index contributed by atoms with van der Waals surface area (Å²) in [5.74, 6) is 1.86. The number of carbonyl (C=O) groups is 1. The summed E-state index contributed by atoms with van der Waals surface area (Å²) in [5.41, 5.74) is 0. The molecule has 5 heteroatoms. The second kappa shape index (κ2) is 8.72. The molecule has 1 amide bonds. The molecule has 1 saturated carbocycles. The summed E-state index contributed by atoms with van der Waals surface area (Å²) in [6, 6.07) is 8.03. The molecule has 2 fully saturated rings. The molecule has 1 aliphatic carbocycles. The van der Waals surface area contributed by atoms with E-state index in [0.717, 1.165) is 44.8 Å². The smallest absolute Gasteiger partial charge is 0.222 e. The van der Waals surface area contributed by atoms with Gasteiger partial charge in [-0.2, -0.15) is 0 Å². The highest BCUT2D eigenvalue weighted by atomic mass is 35.5. The van der Waals surface area contributed by atoms with E-state index in [0.29, 0.717) is 29.8 Å². The van der Waals surface area contributed by atoms with Crippen LogP contribution in [0.15, 0.2) is 24.3 Å². The molecule has 0 bridgehead atoms. The van der Waals surface area contributed by atoms with Gasteiger partial charge in [0.25, 0.3) is 0 Å². The molecule has 1 heterocycles. The number of likely N-dealkylation sites (tertiary alicyclic amines) is 1. The monoisotopic (exact) mass is 350 g/mol. The molecule has 0 spiro atoms. The molecule has 1 aromatic carbocycles. The van der Waals surface area contributed by atoms with Gasteiger partial charge in [0.1, 0.15) is 5.75 Å². The van der Waals surface area contributed by atoms with Crippen LogP contribution < -0.4 is 10.1 Å². The van der Waals surface area contributed by atoms with Gasteiger partial charge < -0.3 is 15.0 Å². The Labute approximate surface area is 149 Å². The molecule has 4 nitrogen and oxygen atoms in total. The van der Waals surface area contributed by atoms with Crippen LogP contribution in [0.5, 0.6) is 5.75 Å². The summed E-state index contributed by atoms with van der Waals surface area (Å²) in [5, 5.41) is 4.26. The fourth-order valence-corrected chi connectivity index (χ4v) is 3.30. The minimum Gasteiger partial charge on any atom is -0.492 e. The van der Waals surface area contributed by atoms with Gasteiger partial charge in [-0.3, -0.25) is 4.79 Å². The molecule has 0 aromatic heterocycles. The van der Waals surface area contributed by atoms with Crippen molar-refractivity contribution in [2.45, 2.75) is 44.6 Å². The number of rotatable bonds is 8. The van der Waals surface area contributed by atoms with Crippen LogP contribution in [0, 0.1) is 5.92 Å². The fraction of sp³-hybridized carbons (Fsp3) is 0.632. The molecular weight excluding hydrogens is 324 g/mol. The molecule has 132 valence electrons. The molecule has 0 atom stereocenters. The van der Waals surface area contributed by atoms with Gasteiger partial charge in [0.2, 0.25) is 5.91 Å². The maximum absolute atomic E-state index is 12.3.